The molecule has 1 aromatic heterocycles. The third-order valence-corrected chi connectivity index (χ3v) is 3.45. The van der Waals surface area contributed by atoms with E-state index in [0.717, 1.165) is 31.9 Å². The van der Waals surface area contributed by atoms with Gasteiger partial charge in [-0.1, -0.05) is 12.8 Å². The van der Waals surface area contributed by atoms with Gasteiger partial charge in [-0.3, -0.25) is 10.1 Å². The number of nitrogens with zero attached hydrogens (tertiary/aromatic N) is 2. The second kappa shape index (κ2) is 4.83. The molecule has 0 aromatic carbocycles. The number of nitro groups is 1. The number of carboxylic acid groups (broad SMARTS) is 1. The van der Waals surface area contributed by atoms with Crippen molar-refractivity contribution in [3.8, 4) is 0 Å². The van der Waals surface area contributed by atoms with Crippen molar-refractivity contribution in [2.75, 3.05) is 5.32 Å². The van der Waals surface area contributed by atoms with E-state index in [1.165, 1.54) is 6.07 Å². The standard InChI is InChI=1S/C12H15N3O4/c1-12(4-2-3-5-12)14-10-6-8(11(16)17)9(7-13-10)15(18)19/h6-7H,2-5H2,1H3,(H,13,14)(H,16,17). The summed E-state index contributed by atoms with van der Waals surface area (Å²) in [6, 6.07) is 1.23. The maximum Gasteiger partial charge on any atom is 0.342 e. The van der Waals surface area contributed by atoms with E-state index in [0.29, 0.717) is 5.82 Å². The normalized spacial score (nSPS) is 17.1. The zero-order chi connectivity index (χ0) is 14.0. The molecule has 2 N–H and O–H groups in total. The lowest BCUT2D eigenvalue weighted by Gasteiger charge is -2.25. The fourth-order valence-corrected chi connectivity index (χ4v) is 2.42. The van der Waals surface area contributed by atoms with Crippen LogP contribution < -0.4 is 5.32 Å². The van der Waals surface area contributed by atoms with Crippen LogP contribution in [0.3, 0.4) is 0 Å². The van der Waals surface area contributed by atoms with Crippen LogP contribution in [0.2, 0.25) is 0 Å². The number of anilines is 1. The van der Waals surface area contributed by atoms with Crippen molar-refractivity contribution in [1.82, 2.24) is 4.98 Å². The Labute approximate surface area is 109 Å². The average Bonchev–Trinajstić information content (AvgIpc) is 2.75. The van der Waals surface area contributed by atoms with Gasteiger partial charge in [-0.05, 0) is 19.8 Å². The summed E-state index contributed by atoms with van der Waals surface area (Å²) in [5, 5.41) is 22.9. The summed E-state index contributed by atoms with van der Waals surface area (Å²) >= 11 is 0. The van der Waals surface area contributed by atoms with Crippen molar-refractivity contribution in [1.29, 1.82) is 0 Å². The quantitative estimate of drug-likeness (QED) is 0.639. The number of pyridine rings is 1. The molecule has 19 heavy (non-hydrogen) atoms. The van der Waals surface area contributed by atoms with E-state index in [4.69, 9.17) is 5.11 Å². The summed E-state index contributed by atoms with van der Waals surface area (Å²) in [6.07, 6.45) is 5.18. The molecule has 0 bridgehead atoms. The van der Waals surface area contributed by atoms with Crippen LogP contribution in [0.4, 0.5) is 11.5 Å². The molecule has 0 amide bonds. The molecule has 0 aliphatic heterocycles. The molecule has 7 nitrogen and oxygen atoms in total. The average molecular weight is 265 g/mol. The number of hydrogen-bond acceptors (Lipinski definition) is 5. The maximum absolute atomic E-state index is 11.0. The second-order valence-electron chi connectivity index (χ2n) is 5.04. The summed E-state index contributed by atoms with van der Waals surface area (Å²) < 4.78 is 0. The Balaban J connectivity index is 2.30. The van der Waals surface area contributed by atoms with Gasteiger partial charge < -0.3 is 10.4 Å². The van der Waals surface area contributed by atoms with Crippen LogP contribution in [0.1, 0.15) is 43.0 Å². The van der Waals surface area contributed by atoms with Gasteiger partial charge in [-0.2, -0.15) is 0 Å². The molecule has 0 spiro atoms. The fraction of sp³-hybridized carbons (Fsp3) is 0.500. The first-order valence-corrected chi connectivity index (χ1v) is 6.07. The molecule has 0 atom stereocenters. The minimum Gasteiger partial charge on any atom is -0.477 e. The van der Waals surface area contributed by atoms with Crippen LogP contribution in [0, 0.1) is 10.1 Å². The van der Waals surface area contributed by atoms with E-state index >= 15 is 0 Å². The smallest absolute Gasteiger partial charge is 0.342 e. The van der Waals surface area contributed by atoms with Crippen molar-refractivity contribution in [3.05, 3.63) is 27.9 Å². The number of carboxylic acids is 1. The lowest BCUT2D eigenvalue weighted by atomic mass is 10.0. The van der Waals surface area contributed by atoms with Crippen molar-refractivity contribution >= 4 is 17.5 Å². The highest BCUT2D eigenvalue weighted by atomic mass is 16.6. The lowest BCUT2D eigenvalue weighted by Crippen LogP contribution is -2.31. The van der Waals surface area contributed by atoms with Crippen LogP contribution in [-0.4, -0.2) is 26.5 Å². The first-order valence-electron chi connectivity index (χ1n) is 6.07. The van der Waals surface area contributed by atoms with Crippen LogP contribution in [0.5, 0.6) is 0 Å². The number of aromatic nitrogens is 1. The first kappa shape index (κ1) is 13.3. The van der Waals surface area contributed by atoms with Gasteiger partial charge in [-0.25, -0.2) is 9.78 Å². The number of hydrogen-bond donors (Lipinski definition) is 2. The van der Waals surface area contributed by atoms with E-state index in [1.807, 2.05) is 6.92 Å². The SMILES string of the molecule is CC1(Nc2cc(C(=O)O)c([N+](=O)[O-])cn2)CCCC1. The molecule has 1 saturated carbocycles. The van der Waals surface area contributed by atoms with Gasteiger partial charge in [0.2, 0.25) is 0 Å². The zero-order valence-corrected chi connectivity index (χ0v) is 10.5. The third-order valence-electron chi connectivity index (χ3n) is 3.45. The zero-order valence-electron chi connectivity index (χ0n) is 10.5. The van der Waals surface area contributed by atoms with Crippen LogP contribution >= 0.6 is 0 Å². The van der Waals surface area contributed by atoms with Gasteiger partial charge in [0.1, 0.15) is 17.6 Å². The van der Waals surface area contributed by atoms with Crippen LogP contribution in [0.15, 0.2) is 12.3 Å². The number of carbonyl (C=O) groups is 1. The molecule has 2 rings (SSSR count). The summed E-state index contributed by atoms with van der Waals surface area (Å²) in [5.74, 6) is -0.957. The number of rotatable bonds is 4. The monoisotopic (exact) mass is 265 g/mol. The minimum atomic E-state index is -1.33. The lowest BCUT2D eigenvalue weighted by molar-refractivity contribution is -0.385. The molecule has 0 saturated heterocycles. The van der Waals surface area contributed by atoms with Gasteiger partial charge in [0.05, 0.1) is 4.92 Å². The third kappa shape index (κ3) is 2.81. The van der Waals surface area contributed by atoms with E-state index in [1.54, 1.807) is 0 Å². The molecule has 1 aliphatic rings. The molecule has 1 heterocycles. The minimum absolute atomic E-state index is 0.112. The van der Waals surface area contributed by atoms with Gasteiger partial charge >= 0.3 is 11.7 Å². The van der Waals surface area contributed by atoms with Crippen LogP contribution in [0.25, 0.3) is 0 Å². The molecule has 7 heteroatoms. The molecular formula is C12H15N3O4. The van der Waals surface area contributed by atoms with Crippen molar-refractivity contribution in [2.45, 2.75) is 38.1 Å². The molecule has 102 valence electrons. The molecular weight excluding hydrogens is 250 g/mol. The summed E-state index contributed by atoms with van der Waals surface area (Å²) in [5.41, 5.74) is -0.947. The Morgan fingerprint density at radius 3 is 2.68 bits per heavy atom. The highest BCUT2D eigenvalue weighted by molar-refractivity contribution is 5.93. The predicted octanol–water partition coefficient (Wildman–Crippen LogP) is 2.43. The molecule has 1 fully saturated rings. The first-order chi connectivity index (χ1) is 8.91. The van der Waals surface area contributed by atoms with Gasteiger partial charge in [0, 0.05) is 11.6 Å². The van der Waals surface area contributed by atoms with Crippen molar-refractivity contribution in [3.63, 3.8) is 0 Å². The topological polar surface area (TPSA) is 105 Å². The van der Waals surface area contributed by atoms with E-state index in [9.17, 15) is 14.9 Å². The van der Waals surface area contributed by atoms with Gasteiger partial charge in [-0.15, -0.1) is 0 Å². The van der Waals surface area contributed by atoms with Crippen LogP contribution in [-0.2, 0) is 0 Å². The second-order valence-corrected chi connectivity index (χ2v) is 5.04. The predicted molar refractivity (Wildman–Crippen MR) is 68.3 cm³/mol. The Morgan fingerprint density at radius 2 is 2.16 bits per heavy atom. The Morgan fingerprint density at radius 1 is 1.53 bits per heavy atom. The number of aromatic carboxylic acids is 1. The van der Waals surface area contributed by atoms with Gasteiger partial charge in [0.25, 0.3) is 0 Å². The Kier molecular flexibility index (Phi) is 3.37. The molecule has 0 radical (unpaired) electrons. The molecule has 1 aromatic rings. The maximum atomic E-state index is 11.0. The molecule has 1 aliphatic carbocycles. The van der Waals surface area contributed by atoms with Gasteiger partial charge in [0.15, 0.2) is 0 Å². The summed E-state index contributed by atoms with van der Waals surface area (Å²) in [6.45, 7) is 2.05. The Bertz CT molecular complexity index is 524. The van der Waals surface area contributed by atoms with E-state index in [2.05, 4.69) is 10.3 Å². The van der Waals surface area contributed by atoms with Crippen molar-refractivity contribution in [2.24, 2.45) is 0 Å². The van der Waals surface area contributed by atoms with E-state index < -0.39 is 16.6 Å². The highest BCUT2D eigenvalue weighted by Gasteiger charge is 2.29. The van der Waals surface area contributed by atoms with E-state index in [-0.39, 0.29) is 11.1 Å². The number of nitrogens with one attached hydrogen (secondary N) is 1. The van der Waals surface area contributed by atoms with Crippen molar-refractivity contribution < 1.29 is 14.8 Å². The highest BCUT2D eigenvalue weighted by Crippen LogP contribution is 2.32. The molecule has 0 unspecified atom stereocenters. The fourth-order valence-electron chi connectivity index (χ4n) is 2.42. The summed E-state index contributed by atoms with van der Waals surface area (Å²) in [4.78, 5) is 25.0. The Hall–Kier alpha value is -2.18. The largest absolute Gasteiger partial charge is 0.477 e. The summed E-state index contributed by atoms with van der Waals surface area (Å²) in [7, 11) is 0.